The van der Waals surface area contributed by atoms with Crippen LogP contribution in [0.5, 0.6) is 0 Å². The second-order valence-electron chi connectivity index (χ2n) is 3.09. The molecule has 86 valence electrons. The van der Waals surface area contributed by atoms with Gasteiger partial charge in [0.1, 0.15) is 0 Å². The van der Waals surface area contributed by atoms with E-state index in [4.69, 9.17) is 0 Å². The lowest BCUT2D eigenvalue weighted by molar-refractivity contribution is 0.102. The van der Waals surface area contributed by atoms with Gasteiger partial charge in [-0.2, -0.15) is 5.10 Å². The van der Waals surface area contributed by atoms with Crippen molar-refractivity contribution in [3.63, 3.8) is 0 Å². The average molecular weight is 230 g/mol. The molecule has 7 heteroatoms. The molecule has 0 spiro atoms. The summed E-state index contributed by atoms with van der Waals surface area (Å²) in [5.41, 5.74) is 1.10. The fourth-order valence-electron chi connectivity index (χ4n) is 1.27. The molecule has 0 aromatic carbocycles. The zero-order chi connectivity index (χ0) is 12.1. The lowest BCUT2D eigenvalue weighted by Crippen LogP contribution is -2.16. The Morgan fingerprint density at radius 3 is 2.88 bits per heavy atom. The van der Waals surface area contributed by atoms with Crippen molar-refractivity contribution in [2.24, 2.45) is 0 Å². The molecule has 2 aromatic heterocycles. The van der Waals surface area contributed by atoms with Gasteiger partial charge < -0.3 is 5.32 Å². The van der Waals surface area contributed by atoms with Crippen LogP contribution in [0.25, 0.3) is 0 Å². The van der Waals surface area contributed by atoms with Gasteiger partial charge in [-0.05, 0) is 6.07 Å². The molecule has 7 nitrogen and oxygen atoms in total. The van der Waals surface area contributed by atoms with Crippen LogP contribution in [0, 0.1) is 0 Å². The van der Waals surface area contributed by atoms with E-state index < -0.39 is 0 Å². The first kappa shape index (κ1) is 10.9. The molecule has 0 saturated heterocycles. The summed E-state index contributed by atoms with van der Waals surface area (Å²) in [6.07, 6.45) is 5.95. The first-order valence-corrected chi connectivity index (χ1v) is 4.88. The van der Waals surface area contributed by atoms with E-state index in [1.807, 2.05) is 0 Å². The van der Waals surface area contributed by atoms with Crippen molar-refractivity contribution < 1.29 is 4.79 Å². The van der Waals surface area contributed by atoms with Gasteiger partial charge in [0.05, 0.1) is 18.0 Å². The van der Waals surface area contributed by atoms with Crippen LogP contribution in [0.1, 0.15) is 10.4 Å². The fraction of sp³-hybridized carbons (Fsp3) is 0.100. The lowest BCUT2D eigenvalue weighted by atomic mass is 10.2. The Labute approximate surface area is 97.3 Å². The molecule has 2 rings (SSSR count). The normalized spacial score (nSPS) is 9.71. The number of pyridine rings is 1. The molecule has 0 radical (unpaired) electrons. The number of anilines is 2. The highest BCUT2D eigenvalue weighted by Crippen LogP contribution is 2.13. The van der Waals surface area contributed by atoms with Crippen molar-refractivity contribution in [3.05, 3.63) is 36.4 Å². The van der Waals surface area contributed by atoms with E-state index in [0.717, 1.165) is 0 Å². The molecule has 2 N–H and O–H groups in total. The average Bonchev–Trinajstić information content (AvgIpc) is 2.40. The molecular formula is C10H10N6O. The number of amides is 1. The van der Waals surface area contributed by atoms with Crippen LogP contribution >= 0.6 is 0 Å². The summed E-state index contributed by atoms with van der Waals surface area (Å²) in [6.45, 7) is 0. The Hall–Kier alpha value is -2.57. The van der Waals surface area contributed by atoms with Gasteiger partial charge in [0.2, 0.25) is 5.95 Å². The SMILES string of the molecule is CNc1ccncc1C(=O)Nc1nccnn1. The zero-order valence-corrected chi connectivity index (χ0v) is 9.08. The van der Waals surface area contributed by atoms with Gasteiger partial charge in [-0.15, -0.1) is 5.10 Å². The highest BCUT2D eigenvalue weighted by atomic mass is 16.1. The van der Waals surface area contributed by atoms with Gasteiger partial charge in [-0.3, -0.25) is 15.1 Å². The second-order valence-corrected chi connectivity index (χ2v) is 3.09. The topological polar surface area (TPSA) is 92.7 Å². The molecule has 0 aliphatic rings. The third kappa shape index (κ3) is 2.51. The first-order chi connectivity index (χ1) is 8.31. The van der Waals surface area contributed by atoms with E-state index in [0.29, 0.717) is 11.3 Å². The largest absolute Gasteiger partial charge is 0.387 e. The molecule has 0 fully saturated rings. The van der Waals surface area contributed by atoms with Gasteiger partial charge in [-0.25, -0.2) is 4.98 Å². The van der Waals surface area contributed by atoms with Gasteiger partial charge in [-0.1, -0.05) is 0 Å². The van der Waals surface area contributed by atoms with Crippen LogP contribution < -0.4 is 10.6 Å². The van der Waals surface area contributed by atoms with E-state index in [-0.39, 0.29) is 11.9 Å². The summed E-state index contributed by atoms with van der Waals surface area (Å²) >= 11 is 0. The third-order valence-electron chi connectivity index (χ3n) is 2.04. The highest BCUT2D eigenvalue weighted by molar-refractivity contribution is 6.06. The molecule has 17 heavy (non-hydrogen) atoms. The quantitative estimate of drug-likeness (QED) is 0.800. The molecule has 2 heterocycles. The molecule has 0 aliphatic carbocycles. The number of aromatic nitrogens is 4. The number of nitrogens with one attached hydrogen (secondary N) is 2. The van der Waals surface area contributed by atoms with Crippen molar-refractivity contribution in [3.8, 4) is 0 Å². The summed E-state index contributed by atoms with van der Waals surface area (Å²) < 4.78 is 0. The summed E-state index contributed by atoms with van der Waals surface area (Å²) in [5, 5.41) is 12.7. The third-order valence-corrected chi connectivity index (χ3v) is 2.04. The predicted octanol–water partition coefficient (Wildman–Crippen LogP) is 0.561. The minimum absolute atomic E-state index is 0.156. The number of hydrogen-bond acceptors (Lipinski definition) is 6. The maximum atomic E-state index is 11.9. The van der Waals surface area contributed by atoms with Crippen molar-refractivity contribution in [1.82, 2.24) is 20.2 Å². The van der Waals surface area contributed by atoms with Gasteiger partial charge in [0, 0.05) is 25.1 Å². The van der Waals surface area contributed by atoms with E-state index in [1.165, 1.54) is 18.6 Å². The summed E-state index contributed by atoms with van der Waals surface area (Å²) in [5.74, 6) is -0.182. The summed E-state index contributed by atoms with van der Waals surface area (Å²) in [4.78, 5) is 19.6. The van der Waals surface area contributed by atoms with Crippen LogP contribution in [0.3, 0.4) is 0 Å². The van der Waals surface area contributed by atoms with E-state index in [2.05, 4.69) is 30.8 Å². The van der Waals surface area contributed by atoms with Crippen LogP contribution in [0.4, 0.5) is 11.6 Å². The predicted molar refractivity (Wildman–Crippen MR) is 61.6 cm³/mol. The number of carbonyl (C=O) groups excluding carboxylic acids is 1. The van der Waals surface area contributed by atoms with Crippen LogP contribution in [-0.4, -0.2) is 33.1 Å². The molecule has 0 unspecified atom stereocenters. The fourth-order valence-corrected chi connectivity index (χ4v) is 1.27. The molecule has 0 aliphatic heterocycles. The van der Waals surface area contributed by atoms with E-state index in [9.17, 15) is 4.79 Å². The second kappa shape index (κ2) is 4.97. The summed E-state index contributed by atoms with van der Waals surface area (Å²) in [7, 11) is 1.73. The maximum absolute atomic E-state index is 11.9. The Morgan fingerprint density at radius 2 is 2.18 bits per heavy atom. The Balaban J connectivity index is 2.20. The van der Waals surface area contributed by atoms with Gasteiger partial charge in [0.25, 0.3) is 5.91 Å². The van der Waals surface area contributed by atoms with Crippen LogP contribution in [-0.2, 0) is 0 Å². The van der Waals surface area contributed by atoms with E-state index in [1.54, 1.807) is 19.3 Å². The van der Waals surface area contributed by atoms with Crippen molar-refractivity contribution in [1.29, 1.82) is 0 Å². The van der Waals surface area contributed by atoms with Crippen LogP contribution in [0.15, 0.2) is 30.9 Å². The van der Waals surface area contributed by atoms with Crippen molar-refractivity contribution in [2.75, 3.05) is 17.7 Å². The molecule has 0 bridgehead atoms. The van der Waals surface area contributed by atoms with Crippen molar-refractivity contribution >= 4 is 17.5 Å². The molecule has 0 atom stereocenters. The first-order valence-electron chi connectivity index (χ1n) is 4.88. The zero-order valence-electron chi connectivity index (χ0n) is 9.08. The number of nitrogens with zero attached hydrogens (tertiary/aromatic N) is 4. The molecular weight excluding hydrogens is 220 g/mol. The maximum Gasteiger partial charge on any atom is 0.261 e. The number of rotatable bonds is 3. The van der Waals surface area contributed by atoms with E-state index >= 15 is 0 Å². The smallest absolute Gasteiger partial charge is 0.261 e. The Kier molecular flexibility index (Phi) is 3.20. The molecule has 2 aromatic rings. The monoisotopic (exact) mass is 230 g/mol. The Bertz CT molecular complexity index is 515. The Morgan fingerprint density at radius 1 is 1.29 bits per heavy atom. The van der Waals surface area contributed by atoms with Crippen molar-refractivity contribution in [2.45, 2.75) is 0 Å². The van der Waals surface area contributed by atoms with Crippen LogP contribution in [0.2, 0.25) is 0 Å². The number of hydrogen-bond donors (Lipinski definition) is 2. The molecule has 1 amide bonds. The standard InChI is InChI=1S/C10H10N6O/c1-11-8-2-3-12-6-7(8)9(17)15-10-13-4-5-14-16-10/h2-6H,1H3,(H,11,12)(H,13,15,16,17). The van der Waals surface area contributed by atoms with Gasteiger partial charge in [0.15, 0.2) is 0 Å². The highest BCUT2D eigenvalue weighted by Gasteiger charge is 2.11. The summed E-state index contributed by atoms with van der Waals surface area (Å²) in [6, 6.07) is 1.71. The number of carbonyl (C=O) groups is 1. The molecule has 0 saturated carbocycles. The van der Waals surface area contributed by atoms with Gasteiger partial charge >= 0.3 is 0 Å². The minimum Gasteiger partial charge on any atom is -0.387 e. The minimum atomic E-state index is -0.338. The lowest BCUT2D eigenvalue weighted by Gasteiger charge is -2.07.